The van der Waals surface area contributed by atoms with Gasteiger partial charge in [0.25, 0.3) is 0 Å². The van der Waals surface area contributed by atoms with E-state index in [0.717, 1.165) is 0 Å². The summed E-state index contributed by atoms with van der Waals surface area (Å²) < 4.78 is 10.4. The molecule has 0 saturated heterocycles. The summed E-state index contributed by atoms with van der Waals surface area (Å²) >= 11 is 0. The minimum atomic E-state index is -0.499. The van der Waals surface area contributed by atoms with Gasteiger partial charge in [0.1, 0.15) is 12.3 Å². The molecule has 2 aromatic rings. The lowest BCUT2D eigenvalue weighted by Gasteiger charge is -2.24. The van der Waals surface area contributed by atoms with Gasteiger partial charge in [-0.2, -0.15) is 0 Å². The Morgan fingerprint density at radius 3 is 2.43 bits per heavy atom. The fourth-order valence-corrected chi connectivity index (χ4v) is 2.59. The molecule has 0 heterocycles. The highest BCUT2D eigenvalue weighted by Gasteiger charge is 2.20. The van der Waals surface area contributed by atoms with E-state index in [1.807, 2.05) is 13.8 Å². The first-order chi connectivity index (χ1) is 13.3. The molecule has 0 fully saturated rings. The predicted molar refractivity (Wildman–Crippen MR) is 107 cm³/mol. The van der Waals surface area contributed by atoms with Crippen LogP contribution in [0.3, 0.4) is 0 Å². The van der Waals surface area contributed by atoms with E-state index in [1.165, 1.54) is 25.0 Å². The third kappa shape index (κ3) is 5.57. The lowest BCUT2D eigenvalue weighted by atomic mass is 10.2. The van der Waals surface area contributed by atoms with Crippen LogP contribution < -0.4 is 15.0 Å². The van der Waals surface area contributed by atoms with Crippen LogP contribution in [-0.4, -0.2) is 37.5 Å². The molecular formula is C21H24N2O5. The zero-order chi connectivity index (χ0) is 20.7. The van der Waals surface area contributed by atoms with Crippen molar-refractivity contribution in [3.8, 4) is 5.75 Å². The highest BCUT2D eigenvalue weighted by molar-refractivity contribution is 6.03. The Hall–Kier alpha value is -3.35. The number of carbonyl (C=O) groups excluding carboxylic acids is 3. The van der Waals surface area contributed by atoms with Crippen LogP contribution in [0.1, 0.15) is 31.1 Å². The van der Waals surface area contributed by atoms with Crippen LogP contribution in [0.2, 0.25) is 0 Å². The summed E-state index contributed by atoms with van der Waals surface area (Å²) in [7, 11) is 1.29. The van der Waals surface area contributed by atoms with Crippen molar-refractivity contribution >= 4 is 29.2 Å². The number of anilines is 2. The number of esters is 1. The lowest BCUT2D eigenvalue weighted by molar-refractivity contribution is -0.120. The summed E-state index contributed by atoms with van der Waals surface area (Å²) in [6, 6.07) is 13.4. The first kappa shape index (κ1) is 21.0. The summed E-state index contributed by atoms with van der Waals surface area (Å²) in [6.45, 7) is 4.96. The van der Waals surface area contributed by atoms with Gasteiger partial charge in [0.05, 0.1) is 24.5 Å². The Balaban J connectivity index is 2.19. The number of hydrogen-bond donors (Lipinski definition) is 1. The highest BCUT2D eigenvalue weighted by Crippen LogP contribution is 2.29. The topological polar surface area (TPSA) is 84.9 Å². The quantitative estimate of drug-likeness (QED) is 0.741. The van der Waals surface area contributed by atoms with Crippen LogP contribution in [0.25, 0.3) is 0 Å². The standard InChI is InChI=1S/C21H24N2O5/c1-14(2)28-19-11-6-5-10-18(19)23(15(3)24)13-20(25)22-17-9-7-8-16(12-17)21(26)27-4/h5-12,14H,13H2,1-4H3,(H,22,25). The number of hydrogen-bond acceptors (Lipinski definition) is 5. The van der Waals surface area contributed by atoms with Crippen molar-refractivity contribution in [2.45, 2.75) is 26.9 Å². The van der Waals surface area contributed by atoms with E-state index in [2.05, 4.69) is 10.1 Å². The minimum absolute atomic E-state index is 0.0788. The van der Waals surface area contributed by atoms with Crippen molar-refractivity contribution in [2.24, 2.45) is 0 Å². The molecule has 0 bridgehead atoms. The maximum Gasteiger partial charge on any atom is 0.337 e. The second kappa shape index (κ2) is 9.55. The summed E-state index contributed by atoms with van der Waals surface area (Å²) in [5.41, 5.74) is 1.27. The van der Waals surface area contributed by atoms with Crippen LogP contribution in [0.5, 0.6) is 5.75 Å². The number of benzene rings is 2. The third-order valence-corrected chi connectivity index (χ3v) is 3.77. The van der Waals surface area contributed by atoms with Crippen molar-refractivity contribution in [3.05, 3.63) is 54.1 Å². The first-order valence-corrected chi connectivity index (χ1v) is 8.83. The van der Waals surface area contributed by atoms with Crippen LogP contribution >= 0.6 is 0 Å². The first-order valence-electron chi connectivity index (χ1n) is 8.83. The Morgan fingerprint density at radius 2 is 1.79 bits per heavy atom. The zero-order valence-corrected chi connectivity index (χ0v) is 16.4. The number of carbonyl (C=O) groups is 3. The molecule has 0 atom stereocenters. The van der Waals surface area contributed by atoms with Gasteiger partial charge in [-0.25, -0.2) is 4.79 Å². The third-order valence-electron chi connectivity index (χ3n) is 3.77. The molecule has 0 radical (unpaired) electrons. The molecule has 0 aliphatic rings. The molecule has 2 rings (SSSR count). The summed E-state index contributed by atoms with van der Waals surface area (Å²) in [5.74, 6) is -0.677. The van der Waals surface area contributed by atoms with E-state index in [4.69, 9.17) is 4.74 Å². The number of methoxy groups -OCH3 is 1. The van der Waals surface area contributed by atoms with E-state index in [9.17, 15) is 14.4 Å². The number of nitrogens with zero attached hydrogens (tertiary/aromatic N) is 1. The second-order valence-corrected chi connectivity index (χ2v) is 6.36. The molecule has 0 saturated carbocycles. The Bertz CT molecular complexity index is 863. The van der Waals surface area contributed by atoms with Gasteiger partial charge in [0.15, 0.2) is 0 Å². The maximum atomic E-state index is 12.5. The van der Waals surface area contributed by atoms with Crippen LogP contribution in [0.15, 0.2) is 48.5 Å². The van der Waals surface area contributed by atoms with Gasteiger partial charge in [0, 0.05) is 12.6 Å². The van der Waals surface area contributed by atoms with Gasteiger partial charge < -0.3 is 14.8 Å². The largest absolute Gasteiger partial charge is 0.489 e. The fraction of sp³-hybridized carbons (Fsp3) is 0.286. The highest BCUT2D eigenvalue weighted by atomic mass is 16.5. The molecule has 0 unspecified atom stereocenters. The Kier molecular flexibility index (Phi) is 7.14. The number of para-hydroxylation sites is 2. The van der Waals surface area contributed by atoms with Gasteiger partial charge in [-0.3, -0.25) is 14.5 Å². The maximum absolute atomic E-state index is 12.5. The van der Waals surface area contributed by atoms with Gasteiger partial charge in [-0.15, -0.1) is 0 Å². The number of rotatable bonds is 7. The van der Waals surface area contributed by atoms with Crippen molar-refractivity contribution < 1.29 is 23.9 Å². The molecule has 0 aliphatic carbocycles. The van der Waals surface area contributed by atoms with Gasteiger partial charge in [-0.1, -0.05) is 18.2 Å². The van der Waals surface area contributed by atoms with Crippen LogP contribution in [0.4, 0.5) is 11.4 Å². The molecule has 148 valence electrons. The molecule has 0 spiro atoms. The van der Waals surface area contributed by atoms with Crippen LogP contribution in [0, 0.1) is 0 Å². The average molecular weight is 384 g/mol. The smallest absolute Gasteiger partial charge is 0.337 e. The lowest BCUT2D eigenvalue weighted by Crippen LogP contribution is -2.37. The van der Waals surface area contributed by atoms with Crippen molar-refractivity contribution in [2.75, 3.05) is 23.9 Å². The minimum Gasteiger partial charge on any atom is -0.489 e. The molecular weight excluding hydrogens is 360 g/mol. The van der Waals surface area contributed by atoms with E-state index in [0.29, 0.717) is 22.7 Å². The summed E-state index contributed by atoms with van der Waals surface area (Å²) in [4.78, 5) is 37.7. The number of nitrogens with one attached hydrogen (secondary N) is 1. The molecule has 0 aromatic heterocycles. The molecule has 7 heteroatoms. The monoisotopic (exact) mass is 384 g/mol. The van der Waals surface area contributed by atoms with Crippen LogP contribution in [-0.2, 0) is 14.3 Å². The van der Waals surface area contributed by atoms with Crippen molar-refractivity contribution in [3.63, 3.8) is 0 Å². The molecule has 7 nitrogen and oxygen atoms in total. The molecule has 28 heavy (non-hydrogen) atoms. The van der Waals surface area contributed by atoms with E-state index >= 15 is 0 Å². The van der Waals surface area contributed by atoms with E-state index in [1.54, 1.807) is 42.5 Å². The Labute approximate surface area is 164 Å². The second-order valence-electron chi connectivity index (χ2n) is 6.36. The van der Waals surface area contributed by atoms with Gasteiger partial charge >= 0.3 is 5.97 Å². The SMILES string of the molecule is COC(=O)c1cccc(NC(=O)CN(C(C)=O)c2ccccc2OC(C)C)c1. The predicted octanol–water partition coefficient (Wildman–Crippen LogP) is 3.25. The average Bonchev–Trinajstić information content (AvgIpc) is 2.65. The number of ether oxygens (including phenoxy) is 2. The molecule has 2 aromatic carbocycles. The molecule has 2 amide bonds. The van der Waals surface area contributed by atoms with Crippen molar-refractivity contribution in [1.82, 2.24) is 0 Å². The fourth-order valence-electron chi connectivity index (χ4n) is 2.59. The van der Waals surface area contributed by atoms with Crippen molar-refractivity contribution in [1.29, 1.82) is 0 Å². The Morgan fingerprint density at radius 1 is 1.07 bits per heavy atom. The normalized spacial score (nSPS) is 10.3. The summed E-state index contributed by atoms with van der Waals surface area (Å²) in [5, 5.41) is 2.70. The summed E-state index contributed by atoms with van der Waals surface area (Å²) in [6.07, 6.45) is -0.0788. The molecule has 0 aliphatic heterocycles. The van der Waals surface area contributed by atoms with Gasteiger partial charge in [-0.05, 0) is 44.2 Å². The van der Waals surface area contributed by atoms with E-state index in [-0.39, 0.29) is 18.6 Å². The zero-order valence-electron chi connectivity index (χ0n) is 16.4. The van der Waals surface area contributed by atoms with E-state index < -0.39 is 11.9 Å². The number of amides is 2. The molecule has 1 N–H and O–H groups in total. The van der Waals surface area contributed by atoms with Gasteiger partial charge in [0.2, 0.25) is 11.8 Å².